The summed E-state index contributed by atoms with van der Waals surface area (Å²) in [5.74, 6) is 0. The Bertz CT molecular complexity index is 316. The molecule has 1 atom stereocenters. The van der Waals surface area contributed by atoms with Crippen LogP contribution in [0.25, 0.3) is 0 Å². The Morgan fingerprint density at radius 1 is 1.47 bits per heavy atom. The molecule has 0 aliphatic rings. The first-order valence-electron chi connectivity index (χ1n) is 5.30. The van der Waals surface area contributed by atoms with E-state index in [0.29, 0.717) is 0 Å². The summed E-state index contributed by atoms with van der Waals surface area (Å²) in [5.41, 5.74) is 1.16. The lowest BCUT2D eigenvalue weighted by Crippen LogP contribution is -2.24. The molecule has 0 saturated heterocycles. The number of hydrogen-bond acceptors (Lipinski definition) is 2. The highest BCUT2D eigenvalue weighted by Gasteiger charge is 2.22. The highest BCUT2D eigenvalue weighted by atomic mass is 79.9. The van der Waals surface area contributed by atoms with Gasteiger partial charge in [-0.25, -0.2) is 0 Å². The van der Waals surface area contributed by atoms with Gasteiger partial charge in [0.1, 0.15) is 0 Å². The van der Waals surface area contributed by atoms with Crippen molar-refractivity contribution in [1.29, 1.82) is 0 Å². The van der Waals surface area contributed by atoms with E-state index in [0.717, 1.165) is 23.7 Å². The maximum Gasteiger partial charge on any atom is 0.0487 e. The SMILES string of the molecule is CCCC(C)(CO)Cc1cncc(Br)c1. The Hall–Kier alpha value is -0.410. The minimum atomic E-state index is -0.0166. The zero-order valence-corrected chi connectivity index (χ0v) is 10.9. The van der Waals surface area contributed by atoms with E-state index in [2.05, 4.69) is 40.8 Å². The van der Waals surface area contributed by atoms with E-state index in [-0.39, 0.29) is 12.0 Å². The lowest BCUT2D eigenvalue weighted by Gasteiger charge is -2.26. The van der Waals surface area contributed by atoms with Gasteiger partial charge in [-0.2, -0.15) is 0 Å². The zero-order valence-electron chi connectivity index (χ0n) is 9.33. The molecule has 1 aromatic rings. The van der Waals surface area contributed by atoms with E-state index in [1.807, 2.05) is 6.20 Å². The molecule has 1 rings (SSSR count). The third-order valence-electron chi connectivity index (χ3n) is 2.63. The van der Waals surface area contributed by atoms with Crippen molar-refractivity contribution in [2.75, 3.05) is 6.61 Å². The van der Waals surface area contributed by atoms with Crippen LogP contribution >= 0.6 is 15.9 Å². The minimum Gasteiger partial charge on any atom is -0.396 e. The van der Waals surface area contributed by atoms with Gasteiger partial charge in [0.2, 0.25) is 0 Å². The number of nitrogens with zero attached hydrogens (tertiary/aromatic N) is 1. The van der Waals surface area contributed by atoms with Crippen molar-refractivity contribution in [3.63, 3.8) is 0 Å². The van der Waals surface area contributed by atoms with Crippen molar-refractivity contribution in [1.82, 2.24) is 4.98 Å². The smallest absolute Gasteiger partial charge is 0.0487 e. The molecule has 84 valence electrons. The molecule has 1 unspecified atom stereocenters. The molecule has 0 aliphatic carbocycles. The van der Waals surface area contributed by atoms with E-state index in [1.54, 1.807) is 6.20 Å². The molecule has 15 heavy (non-hydrogen) atoms. The second kappa shape index (κ2) is 5.61. The lowest BCUT2D eigenvalue weighted by atomic mass is 9.81. The van der Waals surface area contributed by atoms with Gasteiger partial charge in [0.05, 0.1) is 0 Å². The van der Waals surface area contributed by atoms with Crippen molar-refractivity contribution in [3.8, 4) is 0 Å². The zero-order chi connectivity index (χ0) is 11.3. The maximum absolute atomic E-state index is 9.41. The fourth-order valence-electron chi connectivity index (χ4n) is 1.87. The molecule has 0 aliphatic heterocycles. The summed E-state index contributed by atoms with van der Waals surface area (Å²) in [4.78, 5) is 4.13. The second-order valence-electron chi connectivity index (χ2n) is 4.41. The first kappa shape index (κ1) is 12.7. The summed E-state index contributed by atoms with van der Waals surface area (Å²) >= 11 is 3.41. The number of aliphatic hydroxyl groups excluding tert-OH is 1. The molecule has 1 aromatic heterocycles. The number of rotatable bonds is 5. The number of pyridine rings is 1. The first-order valence-corrected chi connectivity index (χ1v) is 6.09. The summed E-state index contributed by atoms with van der Waals surface area (Å²) in [6.07, 6.45) is 6.66. The van der Waals surface area contributed by atoms with Gasteiger partial charge in [0.15, 0.2) is 0 Å². The van der Waals surface area contributed by atoms with E-state index in [4.69, 9.17) is 0 Å². The molecule has 1 N–H and O–H groups in total. The van der Waals surface area contributed by atoms with E-state index >= 15 is 0 Å². The van der Waals surface area contributed by atoms with E-state index in [1.165, 1.54) is 5.56 Å². The quantitative estimate of drug-likeness (QED) is 0.893. The summed E-state index contributed by atoms with van der Waals surface area (Å²) < 4.78 is 0.997. The van der Waals surface area contributed by atoms with Crippen molar-refractivity contribution in [3.05, 3.63) is 28.5 Å². The largest absolute Gasteiger partial charge is 0.396 e. The van der Waals surface area contributed by atoms with Gasteiger partial charge in [-0.05, 0) is 45.8 Å². The normalized spacial score (nSPS) is 14.9. The number of hydrogen-bond donors (Lipinski definition) is 1. The topological polar surface area (TPSA) is 33.1 Å². The molecule has 0 aromatic carbocycles. The molecular formula is C12H18BrNO. The van der Waals surface area contributed by atoms with Gasteiger partial charge in [-0.3, -0.25) is 4.98 Å². The fourth-order valence-corrected chi connectivity index (χ4v) is 2.28. The van der Waals surface area contributed by atoms with Crippen LogP contribution in [0.3, 0.4) is 0 Å². The second-order valence-corrected chi connectivity index (χ2v) is 5.32. The van der Waals surface area contributed by atoms with Crippen LogP contribution in [-0.2, 0) is 6.42 Å². The van der Waals surface area contributed by atoms with Gasteiger partial charge >= 0.3 is 0 Å². The average Bonchev–Trinajstić information content (AvgIpc) is 2.18. The predicted octanol–water partition coefficient (Wildman–Crippen LogP) is 3.19. The molecule has 2 nitrogen and oxygen atoms in total. The monoisotopic (exact) mass is 271 g/mol. The molecule has 3 heteroatoms. The fraction of sp³-hybridized carbons (Fsp3) is 0.583. The third kappa shape index (κ3) is 3.92. The van der Waals surface area contributed by atoms with E-state index in [9.17, 15) is 5.11 Å². The number of halogens is 1. The Morgan fingerprint density at radius 2 is 2.20 bits per heavy atom. The van der Waals surface area contributed by atoms with Crippen LogP contribution in [0.5, 0.6) is 0 Å². The van der Waals surface area contributed by atoms with Crippen LogP contribution in [0, 0.1) is 5.41 Å². The highest BCUT2D eigenvalue weighted by Crippen LogP contribution is 2.28. The lowest BCUT2D eigenvalue weighted by molar-refractivity contribution is 0.131. The van der Waals surface area contributed by atoms with Crippen molar-refractivity contribution < 1.29 is 5.11 Å². The minimum absolute atomic E-state index is 0.0166. The molecule has 0 saturated carbocycles. The maximum atomic E-state index is 9.41. The molecule has 0 fully saturated rings. The highest BCUT2D eigenvalue weighted by molar-refractivity contribution is 9.10. The van der Waals surface area contributed by atoms with Gasteiger partial charge in [0.25, 0.3) is 0 Å². The Balaban J connectivity index is 2.74. The standard InChI is InChI=1S/C12H18BrNO/c1-3-4-12(2,9-15)6-10-5-11(13)8-14-7-10/h5,7-8,15H,3-4,6,9H2,1-2H3. The van der Waals surface area contributed by atoms with Crippen molar-refractivity contribution >= 4 is 15.9 Å². The Labute approximate surface area is 99.9 Å². The molecule has 1 heterocycles. The third-order valence-corrected chi connectivity index (χ3v) is 3.06. The Kier molecular flexibility index (Phi) is 4.74. The summed E-state index contributed by atoms with van der Waals surface area (Å²) in [6, 6.07) is 2.07. The van der Waals surface area contributed by atoms with E-state index < -0.39 is 0 Å². The molecule has 0 amide bonds. The Morgan fingerprint density at radius 3 is 2.73 bits per heavy atom. The average molecular weight is 272 g/mol. The number of aromatic nitrogens is 1. The molecule has 0 spiro atoms. The van der Waals surface area contributed by atoms with Crippen LogP contribution in [0.2, 0.25) is 0 Å². The first-order chi connectivity index (χ1) is 7.09. The summed E-state index contributed by atoms with van der Waals surface area (Å²) in [6.45, 7) is 4.50. The van der Waals surface area contributed by atoms with Crippen LogP contribution in [0.15, 0.2) is 22.9 Å². The summed E-state index contributed by atoms with van der Waals surface area (Å²) in [5, 5.41) is 9.41. The van der Waals surface area contributed by atoms with Gasteiger partial charge in [0, 0.05) is 23.5 Å². The summed E-state index contributed by atoms with van der Waals surface area (Å²) in [7, 11) is 0. The van der Waals surface area contributed by atoms with Crippen molar-refractivity contribution in [2.24, 2.45) is 5.41 Å². The van der Waals surface area contributed by atoms with Crippen LogP contribution in [0.1, 0.15) is 32.3 Å². The van der Waals surface area contributed by atoms with Gasteiger partial charge in [-0.15, -0.1) is 0 Å². The molecular weight excluding hydrogens is 254 g/mol. The van der Waals surface area contributed by atoms with Crippen LogP contribution < -0.4 is 0 Å². The number of aliphatic hydroxyl groups is 1. The van der Waals surface area contributed by atoms with Gasteiger partial charge < -0.3 is 5.11 Å². The molecule has 0 bridgehead atoms. The van der Waals surface area contributed by atoms with Crippen LogP contribution in [-0.4, -0.2) is 16.7 Å². The van der Waals surface area contributed by atoms with Crippen molar-refractivity contribution in [2.45, 2.75) is 33.1 Å². The van der Waals surface area contributed by atoms with Gasteiger partial charge in [-0.1, -0.05) is 20.3 Å². The van der Waals surface area contributed by atoms with Crippen LogP contribution in [0.4, 0.5) is 0 Å². The molecule has 0 radical (unpaired) electrons. The predicted molar refractivity (Wildman–Crippen MR) is 65.7 cm³/mol.